The van der Waals surface area contributed by atoms with Crippen LogP contribution in [0, 0.1) is 17.7 Å². The molecular weight excluding hydrogens is 301 g/mol. The van der Waals surface area contributed by atoms with Gasteiger partial charge in [0.2, 0.25) is 0 Å². The maximum atomic E-state index is 13.3. The number of ether oxygens (including phenoxy) is 2. The second-order valence-electron chi connectivity index (χ2n) is 5.54. The molecule has 1 heterocycles. The SMILES string of the molecule is COc1cc(F)cc(OC/C=C/C[C@H](C(=O)O)[C@H]2CCNC2)c1. The number of methoxy groups -OCH3 is 1. The highest BCUT2D eigenvalue weighted by Gasteiger charge is 2.29. The van der Waals surface area contributed by atoms with Crippen molar-refractivity contribution in [3.63, 3.8) is 0 Å². The zero-order chi connectivity index (χ0) is 16.7. The summed E-state index contributed by atoms with van der Waals surface area (Å²) in [5.74, 6) is -0.631. The molecule has 126 valence electrons. The molecule has 0 saturated carbocycles. The van der Waals surface area contributed by atoms with E-state index in [0.717, 1.165) is 19.5 Å². The van der Waals surface area contributed by atoms with Gasteiger partial charge in [0.1, 0.15) is 23.9 Å². The van der Waals surface area contributed by atoms with E-state index in [4.69, 9.17) is 9.47 Å². The minimum absolute atomic E-state index is 0.172. The van der Waals surface area contributed by atoms with Crippen LogP contribution in [0.2, 0.25) is 0 Å². The molecule has 0 amide bonds. The Labute approximate surface area is 135 Å². The van der Waals surface area contributed by atoms with Gasteiger partial charge >= 0.3 is 5.97 Å². The van der Waals surface area contributed by atoms with Gasteiger partial charge in [-0.25, -0.2) is 4.39 Å². The van der Waals surface area contributed by atoms with Gasteiger partial charge in [-0.15, -0.1) is 0 Å². The molecule has 1 aromatic rings. The lowest BCUT2D eigenvalue weighted by Crippen LogP contribution is -2.25. The molecule has 1 saturated heterocycles. The Morgan fingerprint density at radius 3 is 2.87 bits per heavy atom. The maximum Gasteiger partial charge on any atom is 0.307 e. The van der Waals surface area contributed by atoms with Crippen molar-refractivity contribution in [1.29, 1.82) is 0 Å². The highest BCUT2D eigenvalue weighted by molar-refractivity contribution is 5.70. The Bertz CT molecular complexity index is 556. The van der Waals surface area contributed by atoms with E-state index in [0.29, 0.717) is 17.9 Å². The highest BCUT2D eigenvalue weighted by Crippen LogP contribution is 2.23. The fraction of sp³-hybridized carbons (Fsp3) is 0.471. The Balaban J connectivity index is 1.81. The molecule has 0 radical (unpaired) electrons. The van der Waals surface area contributed by atoms with Crippen molar-refractivity contribution >= 4 is 5.97 Å². The summed E-state index contributed by atoms with van der Waals surface area (Å²) in [7, 11) is 1.46. The van der Waals surface area contributed by atoms with Crippen LogP contribution in [0.5, 0.6) is 11.5 Å². The van der Waals surface area contributed by atoms with Crippen LogP contribution in [0.3, 0.4) is 0 Å². The van der Waals surface area contributed by atoms with Gasteiger partial charge in [0.25, 0.3) is 0 Å². The average molecular weight is 323 g/mol. The Morgan fingerprint density at radius 1 is 1.43 bits per heavy atom. The summed E-state index contributed by atoms with van der Waals surface area (Å²) in [5.41, 5.74) is 0. The number of aliphatic carboxylic acids is 1. The molecule has 1 aliphatic heterocycles. The Hall–Kier alpha value is -2.08. The predicted molar refractivity (Wildman–Crippen MR) is 84.3 cm³/mol. The molecule has 5 nitrogen and oxygen atoms in total. The van der Waals surface area contributed by atoms with Gasteiger partial charge in [0, 0.05) is 18.2 Å². The fourth-order valence-electron chi connectivity index (χ4n) is 2.71. The molecule has 0 unspecified atom stereocenters. The second-order valence-corrected chi connectivity index (χ2v) is 5.54. The first kappa shape index (κ1) is 17.3. The first-order valence-corrected chi connectivity index (χ1v) is 7.66. The quantitative estimate of drug-likeness (QED) is 0.719. The van der Waals surface area contributed by atoms with Crippen molar-refractivity contribution in [2.45, 2.75) is 12.8 Å². The van der Waals surface area contributed by atoms with E-state index in [1.165, 1.54) is 19.2 Å². The molecule has 0 aromatic heterocycles. The number of carboxylic acids is 1. The van der Waals surface area contributed by atoms with Crippen molar-refractivity contribution in [3.05, 3.63) is 36.2 Å². The van der Waals surface area contributed by atoms with Crippen molar-refractivity contribution in [1.82, 2.24) is 5.32 Å². The van der Waals surface area contributed by atoms with Crippen LogP contribution in [0.4, 0.5) is 4.39 Å². The standard InChI is InChI=1S/C17H22FNO4/c1-22-14-8-13(18)9-15(10-14)23-7-3-2-4-16(17(20)21)12-5-6-19-11-12/h2-3,8-10,12,16,19H,4-7,11H2,1H3,(H,20,21)/b3-2+/t12-,16-/m0/s1. The second kappa shape index (κ2) is 8.53. The monoisotopic (exact) mass is 323 g/mol. The third-order valence-corrected chi connectivity index (χ3v) is 3.97. The number of carboxylic acid groups (broad SMARTS) is 1. The summed E-state index contributed by atoms with van der Waals surface area (Å²) in [6, 6.07) is 4.15. The summed E-state index contributed by atoms with van der Waals surface area (Å²) >= 11 is 0. The van der Waals surface area contributed by atoms with Crippen LogP contribution in [-0.4, -0.2) is 37.9 Å². The zero-order valence-corrected chi connectivity index (χ0v) is 13.1. The number of hydrogen-bond acceptors (Lipinski definition) is 4. The van der Waals surface area contributed by atoms with Crippen molar-refractivity contribution in [3.8, 4) is 11.5 Å². The van der Waals surface area contributed by atoms with Gasteiger partial charge in [0.05, 0.1) is 13.0 Å². The van der Waals surface area contributed by atoms with Crippen LogP contribution in [0.15, 0.2) is 30.4 Å². The molecule has 1 aromatic carbocycles. The summed E-state index contributed by atoms with van der Waals surface area (Å²) in [6.07, 6.45) is 4.94. The van der Waals surface area contributed by atoms with Gasteiger partial charge in [-0.2, -0.15) is 0 Å². The van der Waals surface area contributed by atoms with Crippen molar-refractivity contribution < 1.29 is 23.8 Å². The average Bonchev–Trinajstić information content (AvgIpc) is 3.03. The van der Waals surface area contributed by atoms with Crippen molar-refractivity contribution in [2.75, 3.05) is 26.8 Å². The number of rotatable bonds is 8. The summed E-state index contributed by atoms with van der Waals surface area (Å²) < 4.78 is 23.7. The first-order chi connectivity index (χ1) is 11.1. The molecule has 6 heteroatoms. The number of nitrogens with one attached hydrogen (secondary N) is 1. The lowest BCUT2D eigenvalue weighted by Gasteiger charge is -2.16. The van der Waals surface area contributed by atoms with Crippen LogP contribution >= 0.6 is 0 Å². The fourth-order valence-corrected chi connectivity index (χ4v) is 2.71. The van der Waals surface area contributed by atoms with E-state index in [1.807, 2.05) is 6.08 Å². The van der Waals surface area contributed by atoms with Crippen LogP contribution in [0.1, 0.15) is 12.8 Å². The van der Waals surface area contributed by atoms with Gasteiger partial charge in [-0.05, 0) is 31.8 Å². The molecular formula is C17H22FNO4. The topological polar surface area (TPSA) is 67.8 Å². The Kier molecular flexibility index (Phi) is 6.40. The molecule has 23 heavy (non-hydrogen) atoms. The highest BCUT2D eigenvalue weighted by atomic mass is 19.1. The smallest absolute Gasteiger partial charge is 0.307 e. The first-order valence-electron chi connectivity index (χ1n) is 7.66. The molecule has 0 spiro atoms. The molecule has 1 fully saturated rings. The predicted octanol–water partition coefficient (Wildman–Crippen LogP) is 2.47. The van der Waals surface area contributed by atoms with Crippen LogP contribution in [-0.2, 0) is 4.79 Å². The van der Waals surface area contributed by atoms with Gasteiger partial charge in [-0.1, -0.05) is 12.2 Å². The number of allylic oxidation sites excluding steroid dienone is 1. The third kappa shape index (κ3) is 5.25. The van der Waals surface area contributed by atoms with E-state index in [1.54, 1.807) is 12.1 Å². The minimum Gasteiger partial charge on any atom is -0.497 e. The largest absolute Gasteiger partial charge is 0.497 e. The van der Waals surface area contributed by atoms with E-state index < -0.39 is 11.8 Å². The molecule has 1 aliphatic rings. The van der Waals surface area contributed by atoms with E-state index in [2.05, 4.69) is 5.32 Å². The summed E-state index contributed by atoms with van der Waals surface area (Å²) in [5, 5.41) is 12.5. The molecule has 0 aliphatic carbocycles. The zero-order valence-electron chi connectivity index (χ0n) is 13.1. The van der Waals surface area contributed by atoms with Gasteiger partial charge < -0.3 is 19.9 Å². The third-order valence-electron chi connectivity index (χ3n) is 3.97. The van der Waals surface area contributed by atoms with Crippen LogP contribution in [0.25, 0.3) is 0 Å². The molecule has 2 N–H and O–H groups in total. The molecule has 2 atom stereocenters. The number of benzene rings is 1. The lowest BCUT2D eigenvalue weighted by molar-refractivity contribution is -0.143. The maximum absolute atomic E-state index is 13.3. The minimum atomic E-state index is -0.765. The normalized spacial score (nSPS) is 19.0. The van der Waals surface area contributed by atoms with Gasteiger partial charge in [0.15, 0.2) is 0 Å². The Morgan fingerprint density at radius 2 is 2.22 bits per heavy atom. The number of carbonyl (C=O) groups is 1. The van der Waals surface area contributed by atoms with Crippen molar-refractivity contribution in [2.24, 2.45) is 11.8 Å². The van der Waals surface area contributed by atoms with E-state index >= 15 is 0 Å². The number of halogens is 1. The van der Waals surface area contributed by atoms with Gasteiger partial charge in [-0.3, -0.25) is 4.79 Å². The molecule has 0 bridgehead atoms. The number of hydrogen-bond donors (Lipinski definition) is 2. The summed E-state index contributed by atoms with van der Waals surface area (Å²) in [6.45, 7) is 1.88. The summed E-state index contributed by atoms with van der Waals surface area (Å²) in [4.78, 5) is 11.3. The van der Waals surface area contributed by atoms with E-state index in [-0.39, 0.29) is 18.4 Å². The van der Waals surface area contributed by atoms with Crippen LogP contribution < -0.4 is 14.8 Å². The van der Waals surface area contributed by atoms with E-state index in [9.17, 15) is 14.3 Å². The lowest BCUT2D eigenvalue weighted by atomic mass is 9.89. The molecule has 2 rings (SSSR count).